The lowest BCUT2D eigenvalue weighted by Gasteiger charge is -2.26. The summed E-state index contributed by atoms with van der Waals surface area (Å²) < 4.78 is 27.9. The van der Waals surface area contributed by atoms with Crippen LogP contribution in [0.2, 0.25) is 0 Å². The van der Waals surface area contributed by atoms with E-state index in [0.717, 1.165) is 12.0 Å². The van der Waals surface area contributed by atoms with Crippen LogP contribution in [0, 0.1) is 0 Å². The van der Waals surface area contributed by atoms with Crippen LogP contribution in [0.25, 0.3) is 0 Å². The van der Waals surface area contributed by atoms with Gasteiger partial charge in [-0.15, -0.1) is 0 Å². The Hall–Kier alpha value is -1.44. The van der Waals surface area contributed by atoms with Crippen molar-refractivity contribution in [3.05, 3.63) is 23.8 Å². The van der Waals surface area contributed by atoms with Crippen molar-refractivity contribution in [3.63, 3.8) is 0 Å². The molecule has 126 valence electrons. The molecule has 1 fully saturated rings. The number of aryl methyl sites for hydroxylation is 1. The molecule has 1 heterocycles. The number of sulfonamides is 1. The summed E-state index contributed by atoms with van der Waals surface area (Å²) in [6.07, 6.45) is 4.12. The van der Waals surface area contributed by atoms with Crippen molar-refractivity contribution in [2.75, 3.05) is 5.32 Å². The van der Waals surface area contributed by atoms with E-state index in [1.165, 1.54) is 6.07 Å². The van der Waals surface area contributed by atoms with Crippen LogP contribution in [-0.2, 0) is 21.2 Å². The number of anilines is 1. The molecular weight excluding hydrogens is 316 g/mol. The van der Waals surface area contributed by atoms with Crippen molar-refractivity contribution >= 4 is 21.6 Å². The molecular formula is C16H22N2O4S. The summed E-state index contributed by atoms with van der Waals surface area (Å²) in [5.74, 6) is -0.0294. The van der Waals surface area contributed by atoms with Crippen LogP contribution in [0.3, 0.4) is 0 Å². The topological polar surface area (TPSA) is 95.5 Å². The summed E-state index contributed by atoms with van der Waals surface area (Å²) >= 11 is 0. The van der Waals surface area contributed by atoms with E-state index in [1.54, 1.807) is 12.1 Å². The van der Waals surface area contributed by atoms with E-state index in [0.29, 0.717) is 44.2 Å². The van der Waals surface area contributed by atoms with Crippen LogP contribution in [-0.4, -0.2) is 31.6 Å². The number of carbonyl (C=O) groups is 1. The molecule has 0 atom stereocenters. The van der Waals surface area contributed by atoms with Crippen LogP contribution in [0.1, 0.15) is 44.1 Å². The first-order valence-corrected chi connectivity index (χ1v) is 9.55. The van der Waals surface area contributed by atoms with Gasteiger partial charge >= 0.3 is 0 Å². The number of aliphatic hydroxyl groups excluding tert-OH is 1. The van der Waals surface area contributed by atoms with Gasteiger partial charge in [-0.1, -0.05) is 0 Å². The molecule has 0 aromatic heterocycles. The average molecular weight is 338 g/mol. The number of amides is 1. The number of rotatable bonds is 3. The molecule has 1 amide bonds. The maximum Gasteiger partial charge on any atom is 0.240 e. The highest BCUT2D eigenvalue weighted by Crippen LogP contribution is 2.26. The highest BCUT2D eigenvalue weighted by atomic mass is 32.2. The molecule has 23 heavy (non-hydrogen) atoms. The number of aliphatic hydroxyl groups is 1. The third kappa shape index (κ3) is 3.91. The van der Waals surface area contributed by atoms with Gasteiger partial charge in [0, 0.05) is 18.2 Å². The molecule has 3 rings (SSSR count). The first kappa shape index (κ1) is 16.4. The maximum atomic E-state index is 12.6. The molecule has 0 spiro atoms. The van der Waals surface area contributed by atoms with Crippen LogP contribution in [0.5, 0.6) is 0 Å². The van der Waals surface area contributed by atoms with Crippen LogP contribution in [0.15, 0.2) is 23.1 Å². The van der Waals surface area contributed by atoms with Gasteiger partial charge in [-0.25, -0.2) is 13.1 Å². The van der Waals surface area contributed by atoms with Crippen molar-refractivity contribution in [1.29, 1.82) is 0 Å². The molecule has 0 unspecified atom stereocenters. The van der Waals surface area contributed by atoms with E-state index in [-0.39, 0.29) is 22.9 Å². The first-order valence-electron chi connectivity index (χ1n) is 8.07. The molecule has 1 aliphatic carbocycles. The zero-order valence-corrected chi connectivity index (χ0v) is 13.7. The van der Waals surface area contributed by atoms with E-state index < -0.39 is 10.0 Å². The monoisotopic (exact) mass is 338 g/mol. The lowest BCUT2D eigenvalue weighted by molar-refractivity contribution is -0.116. The quantitative estimate of drug-likeness (QED) is 0.779. The highest BCUT2D eigenvalue weighted by molar-refractivity contribution is 7.89. The lowest BCUT2D eigenvalue weighted by atomic mass is 9.94. The van der Waals surface area contributed by atoms with Gasteiger partial charge in [0.05, 0.1) is 11.0 Å². The normalized spacial score (nSPS) is 25.3. The molecule has 1 saturated carbocycles. The van der Waals surface area contributed by atoms with E-state index in [1.807, 2.05) is 0 Å². The molecule has 6 nitrogen and oxygen atoms in total. The molecule has 2 aliphatic rings. The van der Waals surface area contributed by atoms with Gasteiger partial charge in [0.2, 0.25) is 15.9 Å². The second-order valence-corrected chi connectivity index (χ2v) is 8.06. The number of fused-ring (bicyclic) bond motifs is 1. The van der Waals surface area contributed by atoms with Crippen LogP contribution in [0.4, 0.5) is 5.69 Å². The summed E-state index contributed by atoms with van der Waals surface area (Å²) in [7, 11) is -3.58. The van der Waals surface area contributed by atoms with Gasteiger partial charge in [-0.2, -0.15) is 0 Å². The summed E-state index contributed by atoms with van der Waals surface area (Å²) in [6.45, 7) is 0. The van der Waals surface area contributed by atoms with Gasteiger partial charge in [0.25, 0.3) is 0 Å². The van der Waals surface area contributed by atoms with Crippen LogP contribution < -0.4 is 10.0 Å². The summed E-state index contributed by atoms with van der Waals surface area (Å²) in [5, 5.41) is 12.3. The van der Waals surface area contributed by atoms with Crippen molar-refractivity contribution in [1.82, 2.24) is 4.72 Å². The Kier molecular flexibility index (Phi) is 4.70. The number of hydrogen-bond donors (Lipinski definition) is 3. The van der Waals surface area contributed by atoms with Crippen LogP contribution >= 0.6 is 0 Å². The zero-order chi connectivity index (χ0) is 16.4. The minimum absolute atomic E-state index is 0.0294. The average Bonchev–Trinajstić information content (AvgIpc) is 2.69. The predicted octanol–water partition coefficient (Wildman–Crippen LogP) is 1.54. The van der Waals surface area contributed by atoms with Gasteiger partial charge in [0.1, 0.15) is 0 Å². The largest absolute Gasteiger partial charge is 0.393 e. The summed E-state index contributed by atoms with van der Waals surface area (Å²) in [5.41, 5.74) is 1.56. The summed E-state index contributed by atoms with van der Waals surface area (Å²) in [6, 6.07) is 4.73. The Morgan fingerprint density at radius 3 is 2.61 bits per heavy atom. The van der Waals surface area contributed by atoms with E-state index >= 15 is 0 Å². The molecule has 0 saturated heterocycles. The van der Waals surface area contributed by atoms with Gasteiger partial charge in [-0.3, -0.25) is 4.79 Å². The second-order valence-electron chi connectivity index (χ2n) is 6.35. The number of nitrogens with one attached hydrogen (secondary N) is 2. The molecule has 1 aromatic carbocycles. The molecule has 0 bridgehead atoms. The van der Waals surface area contributed by atoms with Crippen molar-refractivity contribution < 1.29 is 18.3 Å². The number of hydrogen-bond acceptors (Lipinski definition) is 4. The third-order valence-corrected chi connectivity index (χ3v) is 6.05. The summed E-state index contributed by atoms with van der Waals surface area (Å²) in [4.78, 5) is 11.8. The minimum Gasteiger partial charge on any atom is -0.393 e. The zero-order valence-electron chi connectivity index (χ0n) is 12.9. The second kappa shape index (κ2) is 6.59. The van der Waals surface area contributed by atoms with E-state index in [9.17, 15) is 18.3 Å². The fraction of sp³-hybridized carbons (Fsp3) is 0.562. The highest BCUT2D eigenvalue weighted by Gasteiger charge is 2.25. The Labute approximate surface area is 136 Å². The SMILES string of the molecule is O=C1CCCc2cc(S(=O)(=O)NC3CCC(O)CC3)ccc2N1. The van der Waals surface area contributed by atoms with Crippen molar-refractivity contribution in [2.24, 2.45) is 0 Å². The molecule has 7 heteroatoms. The standard InChI is InChI=1S/C16H22N2O4S/c19-13-6-4-12(5-7-13)18-23(21,22)14-8-9-15-11(10-14)2-1-3-16(20)17-15/h8-10,12-13,18-19H,1-7H2,(H,17,20). The van der Waals surface area contributed by atoms with Crippen molar-refractivity contribution in [2.45, 2.75) is 62.0 Å². The molecule has 0 radical (unpaired) electrons. The third-order valence-electron chi connectivity index (χ3n) is 4.53. The Morgan fingerprint density at radius 1 is 1.13 bits per heavy atom. The lowest BCUT2D eigenvalue weighted by Crippen LogP contribution is -2.38. The predicted molar refractivity (Wildman–Crippen MR) is 86.6 cm³/mol. The molecule has 3 N–H and O–H groups in total. The molecule has 1 aliphatic heterocycles. The van der Waals surface area contributed by atoms with Crippen molar-refractivity contribution in [3.8, 4) is 0 Å². The Balaban J connectivity index is 1.77. The van der Waals surface area contributed by atoms with Gasteiger partial charge in [0.15, 0.2) is 0 Å². The Morgan fingerprint density at radius 2 is 1.87 bits per heavy atom. The van der Waals surface area contributed by atoms with Gasteiger partial charge in [-0.05, 0) is 62.3 Å². The number of benzene rings is 1. The fourth-order valence-electron chi connectivity index (χ4n) is 3.20. The Bertz CT molecular complexity index is 694. The minimum atomic E-state index is -3.58. The maximum absolute atomic E-state index is 12.6. The smallest absolute Gasteiger partial charge is 0.240 e. The van der Waals surface area contributed by atoms with Gasteiger partial charge < -0.3 is 10.4 Å². The number of carbonyl (C=O) groups excluding carboxylic acids is 1. The molecule has 1 aromatic rings. The first-order chi connectivity index (χ1) is 10.9. The fourth-order valence-corrected chi connectivity index (χ4v) is 4.55. The van der Waals surface area contributed by atoms with E-state index in [2.05, 4.69) is 10.0 Å². The van der Waals surface area contributed by atoms with E-state index in [4.69, 9.17) is 0 Å².